The molecule has 2 atom stereocenters. The van der Waals surface area contributed by atoms with E-state index in [1.807, 2.05) is 0 Å². The molecule has 1 spiro atoms. The van der Waals surface area contributed by atoms with Gasteiger partial charge in [-0.3, -0.25) is 0 Å². The maximum atomic E-state index is 2.57. The number of hydrogen-bond acceptors (Lipinski definition) is 1. The highest BCUT2D eigenvalue weighted by Crippen LogP contribution is 2.64. The van der Waals surface area contributed by atoms with E-state index < -0.39 is 5.41 Å². The fourth-order valence-electron chi connectivity index (χ4n) is 14.4. The van der Waals surface area contributed by atoms with Gasteiger partial charge < -0.3 is 4.90 Å². The normalized spacial score (nSPS) is 15.6. The van der Waals surface area contributed by atoms with Crippen LogP contribution in [0.4, 0.5) is 17.1 Å². The highest BCUT2D eigenvalue weighted by atomic mass is 15.1. The minimum Gasteiger partial charge on any atom is -0.310 e. The van der Waals surface area contributed by atoms with E-state index in [4.69, 9.17) is 0 Å². The monoisotopic (exact) mass is 1040 g/mol. The van der Waals surface area contributed by atoms with Gasteiger partial charge in [0.05, 0.1) is 5.41 Å². The van der Waals surface area contributed by atoms with E-state index in [0.29, 0.717) is 5.92 Å². The van der Waals surface area contributed by atoms with Crippen LogP contribution in [-0.4, -0.2) is 0 Å². The molecule has 0 bridgehead atoms. The van der Waals surface area contributed by atoms with Crippen molar-refractivity contribution in [2.24, 2.45) is 10.8 Å². The van der Waals surface area contributed by atoms with Gasteiger partial charge in [-0.05, 0) is 189 Å². The van der Waals surface area contributed by atoms with Gasteiger partial charge in [-0.25, -0.2) is 0 Å². The minimum absolute atomic E-state index is 0.0922. The summed E-state index contributed by atoms with van der Waals surface area (Å²) < 4.78 is 0. The van der Waals surface area contributed by atoms with Crippen LogP contribution in [0.2, 0.25) is 0 Å². The smallest absolute Gasteiger partial charge is 0.0725 e. The number of rotatable bonds is 9. The van der Waals surface area contributed by atoms with Crippen LogP contribution in [-0.2, 0) is 10.8 Å². The molecule has 14 rings (SSSR count). The first-order valence-corrected chi connectivity index (χ1v) is 29.2. The van der Waals surface area contributed by atoms with Crippen LogP contribution in [0.5, 0.6) is 0 Å². The van der Waals surface area contributed by atoms with Gasteiger partial charge in [0.1, 0.15) is 0 Å². The molecule has 1 heteroatoms. The molecule has 0 fully saturated rings. The fraction of sp³-hybridized carbons (Fsp3) is 0.175. The SMILES string of the molecule is CC(C)(C)CC(c1ccccc1-c1ccc2c(c1)C1(c3ccccc3-c3ccc(-c4ccc(-c5ccc(N(c6ccc(-c7ccccc7)cc6)c6ccc7c(c6)C(C)(C)c6ccccc6-7)cc5)cc4)cc31)c1ccccc1-2)C(C)(C)C. The quantitative estimate of drug-likeness (QED) is 0.139. The second kappa shape index (κ2) is 18.9. The summed E-state index contributed by atoms with van der Waals surface area (Å²) in [6, 6.07) is 96.3. The van der Waals surface area contributed by atoms with Crippen molar-refractivity contribution in [1.29, 1.82) is 0 Å². The van der Waals surface area contributed by atoms with Crippen molar-refractivity contribution < 1.29 is 0 Å². The summed E-state index contributed by atoms with van der Waals surface area (Å²) >= 11 is 0. The summed E-state index contributed by atoms with van der Waals surface area (Å²) in [5.41, 5.74) is 30.5. The molecular weight excluding hydrogens is 975 g/mol. The fourth-order valence-corrected chi connectivity index (χ4v) is 14.4. The summed E-state index contributed by atoms with van der Waals surface area (Å²) in [5.74, 6) is 0.391. The van der Waals surface area contributed by atoms with Gasteiger partial charge in [0.15, 0.2) is 0 Å². The third-order valence-corrected chi connectivity index (χ3v) is 18.3. The summed E-state index contributed by atoms with van der Waals surface area (Å²) in [6.45, 7) is 19.1. The molecule has 3 aliphatic carbocycles. The van der Waals surface area contributed by atoms with Crippen LogP contribution in [0.3, 0.4) is 0 Å². The van der Waals surface area contributed by atoms with Gasteiger partial charge in [-0.15, -0.1) is 0 Å². The Kier molecular flexibility index (Phi) is 11.8. The summed E-state index contributed by atoms with van der Waals surface area (Å²) in [6.07, 6.45) is 1.11. The third kappa shape index (κ3) is 8.26. The Labute approximate surface area is 480 Å². The third-order valence-electron chi connectivity index (χ3n) is 18.3. The predicted octanol–water partition coefficient (Wildman–Crippen LogP) is 22.0. The molecule has 2 unspecified atom stereocenters. The number of hydrogen-bond donors (Lipinski definition) is 0. The lowest BCUT2D eigenvalue weighted by molar-refractivity contribution is 0.229. The molecule has 0 saturated carbocycles. The van der Waals surface area contributed by atoms with Crippen LogP contribution in [0.1, 0.15) is 107 Å². The summed E-state index contributed by atoms with van der Waals surface area (Å²) in [4.78, 5) is 2.41. The largest absolute Gasteiger partial charge is 0.310 e. The van der Waals surface area contributed by atoms with E-state index in [9.17, 15) is 0 Å². The van der Waals surface area contributed by atoms with E-state index in [1.165, 1.54) is 117 Å². The molecule has 1 nitrogen and oxygen atoms in total. The lowest BCUT2D eigenvalue weighted by atomic mass is 9.67. The second-order valence-electron chi connectivity index (χ2n) is 25.9. The molecule has 0 radical (unpaired) electrons. The van der Waals surface area contributed by atoms with Crippen molar-refractivity contribution in [2.45, 2.75) is 78.6 Å². The van der Waals surface area contributed by atoms with Crippen LogP contribution in [0, 0.1) is 10.8 Å². The Morgan fingerprint density at radius 1 is 0.309 bits per heavy atom. The van der Waals surface area contributed by atoms with E-state index in [2.05, 4.69) is 315 Å². The van der Waals surface area contributed by atoms with Gasteiger partial charge in [-0.2, -0.15) is 0 Å². The zero-order chi connectivity index (χ0) is 55.4. The van der Waals surface area contributed by atoms with E-state index in [0.717, 1.165) is 23.5 Å². The maximum Gasteiger partial charge on any atom is 0.0725 e. The maximum absolute atomic E-state index is 2.57. The van der Waals surface area contributed by atoms with Crippen molar-refractivity contribution in [3.05, 3.63) is 294 Å². The molecule has 0 aliphatic heterocycles. The Balaban J connectivity index is 0.827. The number of anilines is 3. The van der Waals surface area contributed by atoms with E-state index in [-0.39, 0.29) is 16.2 Å². The van der Waals surface area contributed by atoms with Crippen molar-refractivity contribution in [3.8, 4) is 77.9 Å². The molecule has 11 aromatic carbocycles. The van der Waals surface area contributed by atoms with E-state index >= 15 is 0 Å². The highest BCUT2D eigenvalue weighted by Gasteiger charge is 2.52. The molecule has 0 saturated heterocycles. The summed E-state index contributed by atoms with van der Waals surface area (Å²) in [5, 5.41) is 0. The molecule has 0 N–H and O–H groups in total. The Hall–Kier alpha value is -8.78. The first-order chi connectivity index (χ1) is 39.2. The molecule has 0 heterocycles. The Bertz CT molecular complexity index is 4210. The van der Waals surface area contributed by atoms with Crippen molar-refractivity contribution >= 4 is 17.1 Å². The van der Waals surface area contributed by atoms with Gasteiger partial charge in [0, 0.05) is 22.5 Å². The van der Waals surface area contributed by atoms with Gasteiger partial charge >= 0.3 is 0 Å². The van der Waals surface area contributed by atoms with Gasteiger partial charge in [-0.1, -0.05) is 262 Å². The molecule has 11 aromatic rings. The van der Waals surface area contributed by atoms with Gasteiger partial charge in [0.2, 0.25) is 0 Å². The van der Waals surface area contributed by atoms with Crippen LogP contribution in [0.15, 0.2) is 255 Å². The second-order valence-corrected chi connectivity index (χ2v) is 25.9. The summed E-state index contributed by atoms with van der Waals surface area (Å²) in [7, 11) is 0. The predicted molar refractivity (Wildman–Crippen MR) is 343 cm³/mol. The zero-order valence-electron chi connectivity index (χ0n) is 48.0. The lowest BCUT2D eigenvalue weighted by Crippen LogP contribution is -2.26. The number of benzene rings is 11. The van der Waals surface area contributed by atoms with Crippen molar-refractivity contribution in [3.63, 3.8) is 0 Å². The molecule has 0 amide bonds. The zero-order valence-corrected chi connectivity index (χ0v) is 48.0. The highest BCUT2D eigenvalue weighted by molar-refractivity contribution is 5.97. The van der Waals surface area contributed by atoms with Crippen LogP contribution in [0.25, 0.3) is 77.9 Å². The Morgan fingerprint density at radius 2 is 0.679 bits per heavy atom. The first-order valence-electron chi connectivity index (χ1n) is 29.2. The molecule has 394 valence electrons. The van der Waals surface area contributed by atoms with E-state index in [1.54, 1.807) is 0 Å². The lowest BCUT2D eigenvalue weighted by Gasteiger charge is -2.37. The standard InChI is InChI=1S/C80H69N/c1-77(2,3)51-76(78(4,5)6)63-23-13-12-22-62(63)58-39-46-69-66-26-16-19-29-72(66)80(75(69)49-58)71-28-18-15-25-65(71)68-45-38-57(48-74(68)80)56-32-30-53(31-33-56)55-36-42-60(43-37-55)81(59-40-34-54(35-41-59)52-20-10-9-11-21-52)61-44-47-67-64-24-14-17-27-70(64)79(7,8)73(67)50-61/h9-50,76H,51H2,1-8H3. The Morgan fingerprint density at radius 3 is 1.22 bits per heavy atom. The average molecular weight is 1040 g/mol. The average Bonchev–Trinajstić information content (AvgIpc) is 3.76. The molecule has 81 heavy (non-hydrogen) atoms. The number of nitrogens with zero attached hydrogens (tertiary/aromatic N) is 1. The van der Waals surface area contributed by atoms with Crippen LogP contribution >= 0.6 is 0 Å². The first kappa shape index (κ1) is 50.4. The topological polar surface area (TPSA) is 3.24 Å². The molecule has 3 aliphatic rings. The van der Waals surface area contributed by atoms with Crippen LogP contribution < -0.4 is 4.90 Å². The van der Waals surface area contributed by atoms with Gasteiger partial charge in [0.25, 0.3) is 0 Å². The van der Waals surface area contributed by atoms with Crippen molar-refractivity contribution in [2.75, 3.05) is 4.90 Å². The molecule has 0 aromatic heterocycles. The minimum atomic E-state index is -0.478. The molecular formula is C80H69N. The number of fused-ring (bicyclic) bond motifs is 13. The van der Waals surface area contributed by atoms with Crippen molar-refractivity contribution in [1.82, 2.24) is 0 Å².